The number of aromatic nitrogens is 1. The minimum atomic E-state index is 0.169. The fraction of sp³-hybridized carbons (Fsp3) is 0.364. The third-order valence-corrected chi connectivity index (χ3v) is 5.55. The molecule has 1 aliphatic heterocycles. The average Bonchev–Trinajstić information content (AvgIpc) is 3.42. The third kappa shape index (κ3) is 3.35. The molecular formula is C22H23N3O2. The molecule has 2 heterocycles. The Hall–Kier alpha value is -2.66. The first-order valence-electron chi connectivity index (χ1n) is 9.75. The summed E-state index contributed by atoms with van der Waals surface area (Å²) in [6.07, 6.45) is 3.67. The van der Waals surface area contributed by atoms with Gasteiger partial charge in [0, 0.05) is 49.6 Å². The summed E-state index contributed by atoms with van der Waals surface area (Å²) in [5.41, 5.74) is 3.22. The quantitative estimate of drug-likeness (QED) is 0.755. The van der Waals surface area contributed by atoms with Crippen molar-refractivity contribution in [3.05, 3.63) is 53.8 Å². The van der Waals surface area contributed by atoms with Crippen molar-refractivity contribution in [3.8, 4) is 11.3 Å². The highest BCUT2D eigenvalue weighted by Gasteiger charge is 2.27. The molecule has 0 unspecified atom stereocenters. The molecule has 1 fully saturated rings. The van der Waals surface area contributed by atoms with Crippen LogP contribution in [0.4, 0.5) is 0 Å². The van der Waals surface area contributed by atoms with Crippen LogP contribution in [-0.4, -0.2) is 35.1 Å². The van der Waals surface area contributed by atoms with Gasteiger partial charge in [0.05, 0.1) is 0 Å². The molecule has 1 aliphatic carbocycles. The number of hydrogen-bond donors (Lipinski definition) is 1. The summed E-state index contributed by atoms with van der Waals surface area (Å²) in [7, 11) is 0. The van der Waals surface area contributed by atoms with Gasteiger partial charge in [-0.25, -0.2) is 0 Å². The molecule has 2 aliphatic rings. The lowest BCUT2D eigenvalue weighted by atomic mass is 9.97. The highest BCUT2D eigenvalue weighted by atomic mass is 16.5. The molecule has 0 spiro atoms. The number of carbonyl (C=O) groups excluding carboxylic acids is 1. The maximum atomic E-state index is 12.0. The molecule has 0 atom stereocenters. The number of fused-ring (bicyclic) bond motifs is 2. The van der Waals surface area contributed by atoms with Crippen LogP contribution in [0.3, 0.4) is 0 Å². The molecule has 0 radical (unpaired) electrons. The summed E-state index contributed by atoms with van der Waals surface area (Å²) < 4.78 is 5.67. The van der Waals surface area contributed by atoms with Crippen LogP contribution in [0.2, 0.25) is 0 Å². The zero-order chi connectivity index (χ0) is 18.2. The molecule has 0 bridgehead atoms. The van der Waals surface area contributed by atoms with Gasteiger partial charge < -0.3 is 9.84 Å². The molecule has 27 heavy (non-hydrogen) atoms. The van der Waals surface area contributed by atoms with E-state index in [1.165, 1.54) is 16.3 Å². The molecule has 3 aromatic rings. The van der Waals surface area contributed by atoms with E-state index in [9.17, 15) is 4.79 Å². The number of hydrogen-bond acceptors (Lipinski definition) is 4. The second-order valence-corrected chi connectivity index (χ2v) is 7.58. The van der Waals surface area contributed by atoms with Gasteiger partial charge in [-0.2, -0.15) is 0 Å². The molecule has 5 heteroatoms. The van der Waals surface area contributed by atoms with Gasteiger partial charge in [-0.1, -0.05) is 47.6 Å². The van der Waals surface area contributed by atoms with Crippen molar-refractivity contribution in [1.82, 2.24) is 15.4 Å². The predicted octanol–water partition coefficient (Wildman–Crippen LogP) is 3.52. The van der Waals surface area contributed by atoms with E-state index < -0.39 is 0 Å². The Morgan fingerprint density at radius 3 is 2.93 bits per heavy atom. The lowest BCUT2D eigenvalue weighted by Gasteiger charge is -2.25. The minimum Gasteiger partial charge on any atom is -0.360 e. The van der Waals surface area contributed by atoms with Gasteiger partial charge >= 0.3 is 0 Å². The Bertz CT molecular complexity index is 985. The summed E-state index contributed by atoms with van der Waals surface area (Å²) in [6, 6.07) is 15.1. The number of benzene rings is 2. The summed E-state index contributed by atoms with van der Waals surface area (Å²) in [6.45, 7) is 2.47. The lowest BCUT2D eigenvalue weighted by Crippen LogP contribution is -2.34. The fourth-order valence-corrected chi connectivity index (χ4v) is 3.89. The highest BCUT2D eigenvalue weighted by molar-refractivity contribution is 5.96. The van der Waals surface area contributed by atoms with Crippen LogP contribution in [0.5, 0.6) is 0 Å². The summed E-state index contributed by atoms with van der Waals surface area (Å²) in [4.78, 5) is 14.3. The van der Waals surface area contributed by atoms with Crippen molar-refractivity contribution in [2.75, 3.05) is 13.1 Å². The summed E-state index contributed by atoms with van der Waals surface area (Å²) in [5, 5.41) is 9.88. The van der Waals surface area contributed by atoms with Crippen molar-refractivity contribution >= 4 is 16.7 Å². The molecule has 1 saturated carbocycles. The van der Waals surface area contributed by atoms with Gasteiger partial charge in [-0.05, 0) is 23.6 Å². The largest absolute Gasteiger partial charge is 0.360 e. The van der Waals surface area contributed by atoms with E-state index in [1.54, 1.807) is 0 Å². The Kier molecular flexibility index (Phi) is 4.17. The molecule has 138 valence electrons. The first-order chi connectivity index (χ1) is 13.3. The van der Waals surface area contributed by atoms with Gasteiger partial charge in [-0.15, -0.1) is 0 Å². The van der Waals surface area contributed by atoms with Crippen molar-refractivity contribution in [3.63, 3.8) is 0 Å². The van der Waals surface area contributed by atoms with Gasteiger partial charge in [0.15, 0.2) is 0 Å². The van der Waals surface area contributed by atoms with Crippen LogP contribution in [0, 0.1) is 0 Å². The second kappa shape index (κ2) is 6.82. The number of amides is 1. The summed E-state index contributed by atoms with van der Waals surface area (Å²) >= 11 is 0. The normalized spacial score (nSPS) is 17.0. The standard InChI is InChI=1S/C22H23N3O2/c26-21(23-16-8-9-16)11-13-25-12-10-20-19(14-25)22(24-27-20)18-7-3-5-15-4-1-2-6-17(15)18/h1-7,16H,8-14H2,(H,23,26). The number of carbonyl (C=O) groups is 1. The van der Waals surface area contributed by atoms with Crippen molar-refractivity contribution in [2.24, 2.45) is 0 Å². The molecule has 2 aromatic carbocycles. The Morgan fingerprint density at radius 1 is 1.19 bits per heavy atom. The minimum absolute atomic E-state index is 0.169. The second-order valence-electron chi connectivity index (χ2n) is 7.58. The third-order valence-electron chi connectivity index (χ3n) is 5.55. The van der Waals surface area contributed by atoms with Crippen molar-refractivity contribution < 1.29 is 9.32 Å². The lowest BCUT2D eigenvalue weighted by molar-refractivity contribution is -0.121. The molecule has 5 nitrogen and oxygen atoms in total. The van der Waals surface area contributed by atoms with E-state index in [4.69, 9.17) is 4.52 Å². The van der Waals surface area contributed by atoms with Crippen LogP contribution in [-0.2, 0) is 17.8 Å². The highest BCUT2D eigenvalue weighted by Crippen LogP contribution is 2.34. The van der Waals surface area contributed by atoms with Crippen molar-refractivity contribution in [2.45, 2.75) is 38.3 Å². The van der Waals surface area contributed by atoms with Crippen LogP contribution >= 0.6 is 0 Å². The number of nitrogens with one attached hydrogen (secondary N) is 1. The molecule has 1 aromatic heterocycles. The first-order valence-corrected chi connectivity index (χ1v) is 9.75. The number of rotatable bonds is 5. The average molecular weight is 361 g/mol. The van der Waals surface area contributed by atoms with Gasteiger partial charge in [0.1, 0.15) is 11.5 Å². The van der Waals surface area contributed by atoms with E-state index in [1.807, 2.05) is 0 Å². The van der Waals surface area contributed by atoms with E-state index in [2.05, 4.69) is 57.8 Å². The van der Waals surface area contributed by atoms with Crippen LogP contribution in [0.15, 0.2) is 47.0 Å². The van der Waals surface area contributed by atoms with Gasteiger partial charge in [-0.3, -0.25) is 9.69 Å². The smallest absolute Gasteiger partial charge is 0.221 e. The molecule has 5 rings (SSSR count). The first kappa shape index (κ1) is 16.5. The molecular weight excluding hydrogens is 338 g/mol. The zero-order valence-electron chi connectivity index (χ0n) is 15.3. The van der Waals surface area contributed by atoms with E-state index >= 15 is 0 Å². The molecule has 1 amide bonds. The van der Waals surface area contributed by atoms with Gasteiger partial charge in [0.25, 0.3) is 0 Å². The van der Waals surface area contributed by atoms with Crippen LogP contribution < -0.4 is 5.32 Å². The van der Waals surface area contributed by atoms with E-state index in [0.717, 1.165) is 55.9 Å². The fourth-order valence-electron chi connectivity index (χ4n) is 3.89. The Labute approximate surface area is 158 Å². The predicted molar refractivity (Wildman–Crippen MR) is 104 cm³/mol. The van der Waals surface area contributed by atoms with Crippen LogP contribution in [0.25, 0.3) is 22.0 Å². The molecule has 1 N–H and O–H groups in total. The topological polar surface area (TPSA) is 58.4 Å². The maximum Gasteiger partial charge on any atom is 0.221 e. The number of nitrogens with zero attached hydrogens (tertiary/aromatic N) is 2. The zero-order valence-corrected chi connectivity index (χ0v) is 15.3. The SMILES string of the molecule is O=C(CCN1CCc2onc(-c3cccc4ccccc34)c2C1)NC1CC1. The Balaban J connectivity index is 1.37. The van der Waals surface area contributed by atoms with Crippen LogP contribution in [0.1, 0.15) is 30.6 Å². The van der Waals surface area contributed by atoms with Gasteiger partial charge in [0.2, 0.25) is 5.91 Å². The monoisotopic (exact) mass is 361 g/mol. The van der Waals surface area contributed by atoms with E-state index in [0.29, 0.717) is 12.5 Å². The molecule has 0 saturated heterocycles. The van der Waals surface area contributed by atoms with Crippen molar-refractivity contribution in [1.29, 1.82) is 0 Å². The maximum absolute atomic E-state index is 12.0. The summed E-state index contributed by atoms with van der Waals surface area (Å²) in [5.74, 6) is 1.15. The Morgan fingerprint density at radius 2 is 2.04 bits per heavy atom. The van der Waals surface area contributed by atoms with E-state index in [-0.39, 0.29) is 5.91 Å².